The lowest BCUT2D eigenvalue weighted by Gasteiger charge is -2.11. The molecule has 0 saturated carbocycles. The van der Waals surface area contributed by atoms with Crippen LogP contribution in [0.5, 0.6) is 11.5 Å². The number of hydrogen-bond acceptors (Lipinski definition) is 3. The van der Waals surface area contributed by atoms with E-state index < -0.39 is 0 Å². The lowest BCUT2D eigenvalue weighted by molar-refractivity contribution is 0.284. The van der Waals surface area contributed by atoms with Crippen LogP contribution in [-0.4, -0.2) is 7.11 Å². The second-order valence-electron chi connectivity index (χ2n) is 3.83. The number of ether oxygens (including phenoxy) is 2. The Kier molecular flexibility index (Phi) is 3.67. The van der Waals surface area contributed by atoms with Gasteiger partial charge in [0.2, 0.25) is 0 Å². The fourth-order valence-corrected chi connectivity index (χ4v) is 1.55. The van der Waals surface area contributed by atoms with Crippen molar-refractivity contribution in [2.24, 2.45) is 0 Å². The van der Waals surface area contributed by atoms with Gasteiger partial charge in [0.25, 0.3) is 0 Å². The number of anilines is 1. The summed E-state index contributed by atoms with van der Waals surface area (Å²) in [7, 11) is 1.57. The number of benzene rings is 2. The normalized spacial score (nSPS) is 10.1. The molecule has 0 fully saturated rings. The van der Waals surface area contributed by atoms with E-state index in [2.05, 4.69) is 0 Å². The molecule has 0 aliphatic rings. The highest BCUT2D eigenvalue weighted by Gasteiger charge is 2.05. The first-order valence-corrected chi connectivity index (χ1v) is 5.50. The van der Waals surface area contributed by atoms with E-state index in [-0.39, 0.29) is 5.82 Å². The number of nitrogens with two attached hydrogens (primary N) is 1. The molecule has 0 radical (unpaired) electrons. The van der Waals surface area contributed by atoms with E-state index in [1.165, 1.54) is 12.1 Å². The molecule has 0 aromatic heterocycles. The third-order valence-electron chi connectivity index (χ3n) is 2.50. The second kappa shape index (κ2) is 5.40. The third kappa shape index (κ3) is 2.91. The van der Waals surface area contributed by atoms with Crippen molar-refractivity contribution in [3.05, 3.63) is 53.8 Å². The Balaban J connectivity index is 2.09. The number of nitrogen functional groups attached to an aromatic ring is 1. The zero-order chi connectivity index (χ0) is 13.0. The molecule has 0 aliphatic carbocycles. The van der Waals surface area contributed by atoms with Gasteiger partial charge in [-0.3, -0.25) is 0 Å². The number of rotatable bonds is 4. The summed E-state index contributed by atoms with van der Waals surface area (Å²) in [5.41, 5.74) is 7.16. The van der Waals surface area contributed by atoms with Gasteiger partial charge in [0, 0.05) is 11.8 Å². The Morgan fingerprint density at radius 1 is 1.06 bits per heavy atom. The second-order valence-corrected chi connectivity index (χ2v) is 3.83. The zero-order valence-corrected chi connectivity index (χ0v) is 10.0. The van der Waals surface area contributed by atoms with E-state index in [9.17, 15) is 4.39 Å². The summed E-state index contributed by atoms with van der Waals surface area (Å²) < 4.78 is 23.5. The van der Waals surface area contributed by atoms with Crippen molar-refractivity contribution in [3.63, 3.8) is 0 Å². The minimum Gasteiger partial charge on any atom is -0.493 e. The Morgan fingerprint density at radius 3 is 2.44 bits per heavy atom. The van der Waals surface area contributed by atoms with Gasteiger partial charge in [-0.05, 0) is 29.8 Å². The first-order valence-electron chi connectivity index (χ1n) is 5.50. The minimum atomic E-state index is -0.264. The molecular weight excluding hydrogens is 233 g/mol. The van der Waals surface area contributed by atoms with Gasteiger partial charge < -0.3 is 15.2 Å². The van der Waals surface area contributed by atoms with Gasteiger partial charge in [-0.15, -0.1) is 0 Å². The fourth-order valence-electron chi connectivity index (χ4n) is 1.55. The van der Waals surface area contributed by atoms with Crippen LogP contribution in [0.1, 0.15) is 5.56 Å². The number of methoxy groups -OCH3 is 1. The Bertz CT molecular complexity index is 526. The highest BCUT2D eigenvalue weighted by atomic mass is 19.1. The van der Waals surface area contributed by atoms with Gasteiger partial charge in [0.1, 0.15) is 12.4 Å². The van der Waals surface area contributed by atoms with Gasteiger partial charge >= 0.3 is 0 Å². The molecule has 0 spiro atoms. The summed E-state index contributed by atoms with van der Waals surface area (Å²) in [6, 6.07) is 11.3. The average molecular weight is 247 g/mol. The van der Waals surface area contributed by atoms with Gasteiger partial charge in [-0.25, -0.2) is 4.39 Å². The van der Waals surface area contributed by atoms with Crippen LogP contribution in [-0.2, 0) is 6.61 Å². The molecule has 0 heterocycles. The monoisotopic (exact) mass is 247 g/mol. The highest BCUT2D eigenvalue weighted by Crippen LogP contribution is 2.29. The molecule has 2 aromatic rings. The molecule has 0 amide bonds. The van der Waals surface area contributed by atoms with Gasteiger partial charge in [0.15, 0.2) is 11.5 Å². The zero-order valence-electron chi connectivity index (χ0n) is 10.0. The molecule has 18 heavy (non-hydrogen) atoms. The maximum absolute atomic E-state index is 12.7. The topological polar surface area (TPSA) is 44.5 Å². The van der Waals surface area contributed by atoms with Crippen molar-refractivity contribution in [2.75, 3.05) is 12.8 Å². The molecule has 2 rings (SSSR count). The van der Waals surface area contributed by atoms with Gasteiger partial charge in [-0.2, -0.15) is 0 Å². The lowest BCUT2D eigenvalue weighted by atomic mass is 10.2. The fraction of sp³-hybridized carbons (Fsp3) is 0.143. The Morgan fingerprint density at radius 2 is 1.78 bits per heavy atom. The molecule has 3 nitrogen and oxygen atoms in total. The molecule has 94 valence electrons. The van der Waals surface area contributed by atoms with Crippen LogP contribution in [0.4, 0.5) is 10.1 Å². The predicted molar refractivity (Wildman–Crippen MR) is 68.1 cm³/mol. The summed E-state index contributed by atoms with van der Waals surface area (Å²) in [6.45, 7) is 0.333. The lowest BCUT2D eigenvalue weighted by Crippen LogP contribution is -1.98. The van der Waals surface area contributed by atoms with E-state index in [1.54, 1.807) is 37.4 Å². The molecule has 2 aromatic carbocycles. The SMILES string of the molecule is COc1ccc(N)cc1OCc1ccc(F)cc1. The molecular formula is C14H14FNO2. The summed E-state index contributed by atoms with van der Waals surface area (Å²) in [4.78, 5) is 0. The van der Waals surface area contributed by atoms with Gasteiger partial charge in [-0.1, -0.05) is 12.1 Å². The maximum atomic E-state index is 12.7. The van der Waals surface area contributed by atoms with Crippen molar-refractivity contribution >= 4 is 5.69 Å². The van der Waals surface area contributed by atoms with E-state index in [4.69, 9.17) is 15.2 Å². The average Bonchev–Trinajstić information content (AvgIpc) is 2.38. The van der Waals surface area contributed by atoms with Crippen LogP contribution < -0.4 is 15.2 Å². The van der Waals surface area contributed by atoms with Crippen LogP contribution in [0.3, 0.4) is 0 Å². The number of halogens is 1. The smallest absolute Gasteiger partial charge is 0.163 e. The van der Waals surface area contributed by atoms with Crippen molar-refractivity contribution in [2.45, 2.75) is 6.61 Å². The van der Waals surface area contributed by atoms with Crippen molar-refractivity contribution in [3.8, 4) is 11.5 Å². The largest absolute Gasteiger partial charge is 0.493 e. The van der Waals surface area contributed by atoms with Crippen LogP contribution in [0, 0.1) is 5.82 Å². The molecule has 0 unspecified atom stereocenters. The van der Waals surface area contributed by atoms with E-state index in [1.807, 2.05) is 0 Å². The first-order chi connectivity index (χ1) is 8.69. The quantitative estimate of drug-likeness (QED) is 0.845. The Labute approximate surface area is 105 Å². The molecule has 4 heteroatoms. The van der Waals surface area contributed by atoms with Crippen LogP contribution in [0.2, 0.25) is 0 Å². The summed E-state index contributed by atoms with van der Waals surface area (Å²) >= 11 is 0. The van der Waals surface area contributed by atoms with Crippen LogP contribution in [0.15, 0.2) is 42.5 Å². The Hall–Kier alpha value is -2.23. The van der Waals surface area contributed by atoms with Crippen molar-refractivity contribution in [1.29, 1.82) is 0 Å². The number of hydrogen-bond donors (Lipinski definition) is 1. The summed E-state index contributed by atoms with van der Waals surface area (Å²) in [6.07, 6.45) is 0. The highest BCUT2D eigenvalue weighted by molar-refractivity contribution is 5.51. The summed E-state index contributed by atoms with van der Waals surface area (Å²) in [5.74, 6) is 0.924. The molecule has 0 atom stereocenters. The van der Waals surface area contributed by atoms with Crippen molar-refractivity contribution < 1.29 is 13.9 Å². The first kappa shape index (κ1) is 12.2. The molecule has 0 bridgehead atoms. The van der Waals surface area contributed by atoms with Crippen molar-refractivity contribution in [1.82, 2.24) is 0 Å². The molecule has 2 N–H and O–H groups in total. The van der Waals surface area contributed by atoms with E-state index in [0.29, 0.717) is 23.8 Å². The maximum Gasteiger partial charge on any atom is 0.163 e. The predicted octanol–water partition coefficient (Wildman–Crippen LogP) is 3.00. The third-order valence-corrected chi connectivity index (χ3v) is 2.50. The molecule has 0 aliphatic heterocycles. The summed E-state index contributed by atoms with van der Waals surface area (Å²) in [5, 5.41) is 0. The minimum absolute atomic E-state index is 0.264. The van der Waals surface area contributed by atoms with E-state index >= 15 is 0 Å². The van der Waals surface area contributed by atoms with Crippen LogP contribution >= 0.6 is 0 Å². The molecule has 0 saturated heterocycles. The van der Waals surface area contributed by atoms with E-state index in [0.717, 1.165) is 5.56 Å². The van der Waals surface area contributed by atoms with Crippen LogP contribution in [0.25, 0.3) is 0 Å². The standard InChI is InChI=1S/C14H14FNO2/c1-17-13-7-6-12(16)8-14(13)18-9-10-2-4-11(15)5-3-10/h2-8H,9,16H2,1H3. The van der Waals surface area contributed by atoms with Gasteiger partial charge in [0.05, 0.1) is 7.11 Å².